The lowest BCUT2D eigenvalue weighted by Crippen LogP contribution is -2.40. The molecule has 0 aliphatic heterocycles. The number of carbonyl (C=O) groups is 2. The lowest BCUT2D eigenvalue weighted by atomic mass is 10.1. The van der Waals surface area contributed by atoms with Crippen molar-refractivity contribution in [2.45, 2.75) is 42.5 Å². The predicted octanol–water partition coefficient (Wildman–Crippen LogP) is 7.29. The van der Waals surface area contributed by atoms with Gasteiger partial charge in [0.05, 0.1) is 13.0 Å². The molecular weight excluding hydrogens is 504 g/mol. The van der Waals surface area contributed by atoms with Crippen molar-refractivity contribution in [2.24, 2.45) is 0 Å². The second-order valence-electron chi connectivity index (χ2n) is 9.11. The molecular formula is C33H34N2O3S. The molecule has 0 saturated carbocycles. The molecule has 0 bridgehead atoms. The van der Waals surface area contributed by atoms with E-state index in [1.54, 1.807) is 11.8 Å². The number of nitrogens with one attached hydrogen (secondary N) is 1. The molecule has 0 atom stereocenters. The number of anilines is 1. The first-order valence-corrected chi connectivity index (χ1v) is 14.1. The van der Waals surface area contributed by atoms with Crippen molar-refractivity contribution in [2.75, 3.05) is 18.1 Å². The number of urea groups is 1. The highest BCUT2D eigenvalue weighted by Gasteiger charge is 2.16. The summed E-state index contributed by atoms with van der Waals surface area (Å²) in [6.45, 7) is 3.25. The van der Waals surface area contributed by atoms with E-state index in [0.29, 0.717) is 19.7 Å². The number of benzene rings is 4. The van der Waals surface area contributed by atoms with Crippen LogP contribution in [0.15, 0.2) is 119 Å². The van der Waals surface area contributed by atoms with Gasteiger partial charge in [0, 0.05) is 28.6 Å². The molecule has 6 heteroatoms. The van der Waals surface area contributed by atoms with Crippen LogP contribution in [-0.4, -0.2) is 25.2 Å². The summed E-state index contributed by atoms with van der Waals surface area (Å²) in [4.78, 5) is 29.2. The van der Waals surface area contributed by atoms with Crippen molar-refractivity contribution < 1.29 is 14.3 Å². The van der Waals surface area contributed by atoms with E-state index in [9.17, 15) is 9.59 Å². The van der Waals surface area contributed by atoms with Gasteiger partial charge in [-0.15, -0.1) is 0 Å². The smallest absolute Gasteiger partial charge is 0.322 e. The van der Waals surface area contributed by atoms with Crippen LogP contribution in [0.1, 0.15) is 30.0 Å². The summed E-state index contributed by atoms with van der Waals surface area (Å²) in [7, 11) is 0. The molecule has 0 aromatic heterocycles. The number of nitrogens with zero attached hydrogens (tertiary/aromatic N) is 1. The number of amides is 2. The Kier molecular flexibility index (Phi) is 10.6. The number of rotatable bonds is 12. The Morgan fingerprint density at radius 2 is 1.41 bits per heavy atom. The highest BCUT2D eigenvalue weighted by molar-refractivity contribution is 7.99. The van der Waals surface area contributed by atoms with Gasteiger partial charge < -0.3 is 10.1 Å². The molecule has 4 aromatic carbocycles. The second-order valence-corrected chi connectivity index (χ2v) is 10.3. The van der Waals surface area contributed by atoms with E-state index in [2.05, 4.69) is 17.4 Å². The van der Waals surface area contributed by atoms with E-state index in [-0.39, 0.29) is 18.4 Å². The minimum Gasteiger partial charge on any atom is -0.466 e. The zero-order valence-corrected chi connectivity index (χ0v) is 23.0. The van der Waals surface area contributed by atoms with Crippen LogP contribution in [0.5, 0.6) is 0 Å². The first-order valence-electron chi connectivity index (χ1n) is 13.3. The highest BCUT2D eigenvalue weighted by atomic mass is 32.2. The third-order valence-electron chi connectivity index (χ3n) is 6.14. The molecule has 2 amide bonds. The fourth-order valence-electron chi connectivity index (χ4n) is 4.25. The van der Waals surface area contributed by atoms with Crippen LogP contribution in [0, 0.1) is 0 Å². The van der Waals surface area contributed by atoms with Gasteiger partial charge in [-0.3, -0.25) is 9.69 Å². The Bertz CT molecular complexity index is 1350. The van der Waals surface area contributed by atoms with Crippen molar-refractivity contribution in [3.8, 4) is 0 Å². The Labute approximate surface area is 235 Å². The van der Waals surface area contributed by atoms with E-state index < -0.39 is 0 Å². The van der Waals surface area contributed by atoms with Gasteiger partial charge in [0.15, 0.2) is 0 Å². The van der Waals surface area contributed by atoms with Gasteiger partial charge in [-0.1, -0.05) is 90.6 Å². The quantitative estimate of drug-likeness (QED) is 0.192. The van der Waals surface area contributed by atoms with Crippen LogP contribution in [0.3, 0.4) is 0 Å². The monoisotopic (exact) mass is 538 g/mol. The van der Waals surface area contributed by atoms with Crippen LogP contribution in [0.25, 0.3) is 0 Å². The van der Waals surface area contributed by atoms with Gasteiger partial charge in [0.25, 0.3) is 0 Å². The molecule has 4 aromatic rings. The summed E-state index contributed by atoms with van der Waals surface area (Å²) in [5, 5.41) is 3.09. The summed E-state index contributed by atoms with van der Waals surface area (Å²) in [6.07, 6.45) is 1.99. The first-order chi connectivity index (χ1) is 19.1. The Hall–Kier alpha value is -4.03. The molecule has 39 heavy (non-hydrogen) atoms. The molecule has 200 valence electrons. The topological polar surface area (TPSA) is 58.6 Å². The van der Waals surface area contributed by atoms with Crippen LogP contribution in [-0.2, 0) is 28.9 Å². The molecule has 0 fully saturated rings. The van der Waals surface area contributed by atoms with Crippen molar-refractivity contribution in [3.63, 3.8) is 0 Å². The van der Waals surface area contributed by atoms with Crippen LogP contribution >= 0.6 is 11.8 Å². The van der Waals surface area contributed by atoms with E-state index in [0.717, 1.165) is 39.4 Å². The molecule has 0 unspecified atom stereocenters. The highest BCUT2D eigenvalue weighted by Crippen LogP contribution is 2.31. The van der Waals surface area contributed by atoms with Crippen molar-refractivity contribution in [1.82, 2.24) is 5.32 Å². The number of hydrogen-bond acceptors (Lipinski definition) is 4. The molecule has 4 rings (SSSR count). The Morgan fingerprint density at radius 1 is 0.769 bits per heavy atom. The average Bonchev–Trinajstić information content (AvgIpc) is 2.96. The maximum atomic E-state index is 13.4. The van der Waals surface area contributed by atoms with Crippen molar-refractivity contribution >= 4 is 29.4 Å². The van der Waals surface area contributed by atoms with E-state index in [1.165, 1.54) is 5.56 Å². The number of esters is 1. The number of carbonyl (C=O) groups excluding carboxylic acids is 2. The Balaban J connectivity index is 1.48. The summed E-state index contributed by atoms with van der Waals surface area (Å²) in [5.74, 6) is -0.227. The minimum absolute atomic E-state index is 0.120. The molecule has 0 radical (unpaired) electrons. The standard InChI is InChI=1S/C33H34N2O3S/c1-2-38-32(36)23-28-16-9-19-30(22-28)39-31-20-10-18-29(24-31)35(21-11-17-26-12-5-3-6-13-26)33(37)34-25-27-14-7-4-8-15-27/h3-10,12-16,18-20,22,24H,2,11,17,21,23,25H2,1H3,(H,34,37). The molecule has 1 N–H and O–H groups in total. The van der Waals surface area contributed by atoms with Gasteiger partial charge in [-0.05, 0) is 66.8 Å². The maximum Gasteiger partial charge on any atom is 0.322 e. The normalized spacial score (nSPS) is 10.6. The van der Waals surface area contributed by atoms with Gasteiger partial charge in [0.2, 0.25) is 0 Å². The minimum atomic E-state index is -0.227. The number of ether oxygens (including phenoxy) is 1. The molecule has 0 spiro atoms. The van der Waals surface area contributed by atoms with Gasteiger partial charge in [-0.25, -0.2) is 4.79 Å². The zero-order valence-electron chi connectivity index (χ0n) is 22.2. The van der Waals surface area contributed by atoms with Crippen LogP contribution in [0.4, 0.5) is 10.5 Å². The summed E-state index contributed by atoms with van der Waals surface area (Å²) in [6, 6.07) is 36.1. The third kappa shape index (κ3) is 9.04. The SMILES string of the molecule is CCOC(=O)Cc1cccc(Sc2cccc(N(CCCc3ccccc3)C(=O)NCc3ccccc3)c2)c1. The lowest BCUT2D eigenvalue weighted by Gasteiger charge is -2.24. The van der Waals surface area contributed by atoms with Crippen LogP contribution < -0.4 is 10.2 Å². The summed E-state index contributed by atoms with van der Waals surface area (Å²) >= 11 is 1.61. The van der Waals surface area contributed by atoms with E-state index in [4.69, 9.17) is 4.74 Å². The molecule has 0 saturated heterocycles. The second kappa shape index (κ2) is 14.8. The Morgan fingerprint density at radius 3 is 2.13 bits per heavy atom. The predicted molar refractivity (Wildman–Crippen MR) is 158 cm³/mol. The average molecular weight is 539 g/mol. The fraction of sp³-hybridized carbons (Fsp3) is 0.212. The lowest BCUT2D eigenvalue weighted by molar-refractivity contribution is -0.142. The summed E-state index contributed by atoms with van der Waals surface area (Å²) < 4.78 is 5.09. The van der Waals surface area contributed by atoms with E-state index >= 15 is 0 Å². The third-order valence-corrected chi connectivity index (χ3v) is 7.12. The number of aryl methyl sites for hydroxylation is 1. The van der Waals surface area contributed by atoms with E-state index in [1.807, 2.05) is 109 Å². The van der Waals surface area contributed by atoms with Gasteiger partial charge >= 0.3 is 12.0 Å². The van der Waals surface area contributed by atoms with Gasteiger partial charge in [-0.2, -0.15) is 0 Å². The molecule has 0 heterocycles. The van der Waals surface area contributed by atoms with Crippen molar-refractivity contribution in [1.29, 1.82) is 0 Å². The largest absolute Gasteiger partial charge is 0.466 e. The maximum absolute atomic E-state index is 13.4. The molecule has 0 aliphatic rings. The summed E-state index contributed by atoms with van der Waals surface area (Å²) in [5.41, 5.74) is 4.08. The fourth-order valence-corrected chi connectivity index (χ4v) is 5.21. The number of hydrogen-bond donors (Lipinski definition) is 1. The first kappa shape index (κ1) is 28.0. The zero-order chi connectivity index (χ0) is 27.3. The molecule has 0 aliphatic carbocycles. The molecule has 5 nitrogen and oxygen atoms in total. The van der Waals surface area contributed by atoms with Gasteiger partial charge in [0.1, 0.15) is 0 Å². The van der Waals surface area contributed by atoms with Crippen molar-refractivity contribution in [3.05, 3.63) is 126 Å². The van der Waals surface area contributed by atoms with Crippen LogP contribution in [0.2, 0.25) is 0 Å².